The zero-order valence-electron chi connectivity index (χ0n) is 14.8. The number of hydrogen-bond donors (Lipinski definition) is 1. The average molecular weight is 373 g/mol. The van der Waals surface area contributed by atoms with Crippen LogP contribution in [0.5, 0.6) is 11.5 Å². The molecule has 9 nitrogen and oxygen atoms in total. The number of hydrogen-bond acceptors (Lipinski definition) is 6. The number of rotatable bonds is 6. The maximum atomic E-state index is 12.3. The first-order valence-electron chi connectivity index (χ1n) is 8.39. The molecule has 142 valence electrons. The second-order valence-electron chi connectivity index (χ2n) is 6.07. The van der Waals surface area contributed by atoms with Crippen molar-refractivity contribution in [3.05, 3.63) is 36.4 Å². The Balaban J connectivity index is 1.63. The smallest absolute Gasteiger partial charge is 0.335 e. The van der Waals surface area contributed by atoms with E-state index in [1.807, 2.05) is 0 Å². The Morgan fingerprint density at radius 3 is 2.56 bits per heavy atom. The molecule has 0 aliphatic carbocycles. The van der Waals surface area contributed by atoms with Crippen LogP contribution in [0.3, 0.4) is 0 Å². The lowest BCUT2D eigenvalue weighted by Gasteiger charge is -2.21. The topological polar surface area (TPSA) is 105 Å². The summed E-state index contributed by atoms with van der Waals surface area (Å²) in [5.41, 5.74) is 0.774. The van der Waals surface area contributed by atoms with Crippen LogP contribution in [0.4, 0.5) is 4.79 Å². The van der Waals surface area contributed by atoms with E-state index in [-0.39, 0.29) is 6.54 Å². The number of ether oxygens (including phenoxy) is 2. The molecule has 1 N–H and O–H groups in total. The molecule has 0 bridgehead atoms. The van der Waals surface area contributed by atoms with E-state index >= 15 is 0 Å². The minimum absolute atomic E-state index is 0.0882. The van der Waals surface area contributed by atoms with Gasteiger partial charge < -0.3 is 14.8 Å². The molecule has 0 saturated carbocycles. The minimum atomic E-state index is -1.02. The van der Waals surface area contributed by atoms with Crippen molar-refractivity contribution in [2.24, 2.45) is 0 Å². The highest BCUT2D eigenvalue weighted by Gasteiger charge is 2.44. The van der Waals surface area contributed by atoms with Crippen LogP contribution in [0, 0.1) is 0 Å². The van der Waals surface area contributed by atoms with E-state index in [1.165, 1.54) is 6.08 Å². The van der Waals surface area contributed by atoms with Crippen molar-refractivity contribution in [1.29, 1.82) is 0 Å². The van der Waals surface area contributed by atoms with Crippen molar-refractivity contribution in [1.82, 2.24) is 15.1 Å². The van der Waals surface area contributed by atoms with E-state index in [1.54, 1.807) is 25.1 Å². The van der Waals surface area contributed by atoms with Crippen molar-refractivity contribution in [2.75, 3.05) is 26.3 Å². The molecule has 3 rings (SSSR count). The standard InChI is InChI=1S/C18H19N3O6/c1-3-6-20-16(23)17(24)21(18(20)25)10-15(22)19-11(2)12-4-5-13-14(9-12)27-8-7-26-13/h3-5,9,11H,1,6-8,10H2,2H3,(H,19,22)/t11-/m0/s1. The molecule has 0 aromatic heterocycles. The molecule has 1 aromatic carbocycles. The summed E-state index contributed by atoms with van der Waals surface area (Å²) in [5, 5.41) is 2.70. The molecule has 9 heteroatoms. The Labute approximate surface area is 155 Å². The lowest BCUT2D eigenvalue weighted by atomic mass is 10.1. The maximum absolute atomic E-state index is 12.3. The van der Waals surface area contributed by atoms with Crippen LogP contribution < -0.4 is 14.8 Å². The summed E-state index contributed by atoms with van der Waals surface area (Å²) >= 11 is 0. The van der Waals surface area contributed by atoms with Gasteiger partial charge in [-0.1, -0.05) is 12.1 Å². The van der Waals surface area contributed by atoms with Gasteiger partial charge in [0.2, 0.25) is 5.91 Å². The summed E-state index contributed by atoms with van der Waals surface area (Å²) < 4.78 is 11.0. The van der Waals surface area contributed by atoms with E-state index in [0.717, 1.165) is 10.5 Å². The third-order valence-electron chi connectivity index (χ3n) is 4.19. The molecular weight excluding hydrogens is 354 g/mol. The fourth-order valence-electron chi connectivity index (χ4n) is 2.82. The monoisotopic (exact) mass is 373 g/mol. The fraction of sp³-hybridized carbons (Fsp3) is 0.333. The van der Waals surface area contributed by atoms with Gasteiger partial charge in [0.25, 0.3) is 0 Å². The Morgan fingerprint density at radius 2 is 1.85 bits per heavy atom. The van der Waals surface area contributed by atoms with Crippen LogP contribution >= 0.6 is 0 Å². The van der Waals surface area contributed by atoms with E-state index in [0.29, 0.717) is 29.6 Å². The third-order valence-corrected chi connectivity index (χ3v) is 4.19. The highest BCUT2D eigenvalue weighted by atomic mass is 16.6. The molecule has 2 aliphatic rings. The lowest BCUT2D eigenvalue weighted by molar-refractivity contribution is -0.143. The van der Waals surface area contributed by atoms with Crippen LogP contribution in [0.1, 0.15) is 18.5 Å². The molecule has 27 heavy (non-hydrogen) atoms. The van der Waals surface area contributed by atoms with E-state index in [2.05, 4.69) is 11.9 Å². The number of nitrogens with zero attached hydrogens (tertiary/aromatic N) is 2. The number of urea groups is 1. The van der Waals surface area contributed by atoms with Gasteiger partial charge in [-0.3, -0.25) is 19.3 Å². The zero-order valence-corrected chi connectivity index (χ0v) is 14.8. The molecule has 1 fully saturated rings. The largest absolute Gasteiger partial charge is 0.486 e. The van der Waals surface area contributed by atoms with Crippen molar-refractivity contribution < 1.29 is 28.7 Å². The van der Waals surface area contributed by atoms with Gasteiger partial charge in [-0.2, -0.15) is 0 Å². The number of benzene rings is 1. The van der Waals surface area contributed by atoms with Crippen LogP contribution in [0.2, 0.25) is 0 Å². The number of carbonyl (C=O) groups excluding carboxylic acids is 4. The van der Waals surface area contributed by atoms with Gasteiger partial charge in [0.05, 0.1) is 6.04 Å². The SMILES string of the molecule is C=CCN1C(=O)C(=O)N(CC(=O)N[C@@H](C)c2ccc3c(c2)OCCO3)C1=O. The van der Waals surface area contributed by atoms with Gasteiger partial charge in [-0.25, -0.2) is 9.69 Å². The molecular formula is C18H19N3O6. The number of imide groups is 2. The van der Waals surface area contributed by atoms with E-state index in [9.17, 15) is 19.2 Å². The summed E-state index contributed by atoms with van der Waals surface area (Å²) in [7, 11) is 0. The lowest BCUT2D eigenvalue weighted by Crippen LogP contribution is -2.42. The van der Waals surface area contributed by atoms with Gasteiger partial charge in [-0.15, -0.1) is 6.58 Å². The first-order valence-corrected chi connectivity index (χ1v) is 8.39. The highest BCUT2D eigenvalue weighted by molar-refractivity contribution is 6.45. The molecule has 2 heterocycles. The van der Waals surface area contributed by atoms with Crippen LogP contribution in [0.25, 0.3) is 0 Å². The second-order valence-corrected chi connectivity index (χ2v) is 6.07. The summed E-state index contributed by atoms with van der Waals surface area (Å²) in [4.78, 5) is 49.5. The highest BCUT2D eigenvalue weighted by Crippen LogP contribution is 2.32. The van der Waals surface area contributed by atoms with Gasteiger partial charge in [0, 0.05) is 6.54 Å². The van der Waals surface area contributed by atoms with Crippen LogP contribution in [-0.2, 0) is 14.4 Å². The predicted molar refractivity (Wildman–Crippen MR) is 93.0 cm³/mol. The summed E-state index contributed by atoms with van der Waals surface area (Å²) in [6, 6.07) is 4.08. The van der Waals surface area contributed by atoms with E-state index < -0.39 is 36.3 Å². The Kier molecular flexibility index (Phi) is 5.11. The number of amides is 5. The van der Waals surface area contributed by atoms with E-state index in [4.69, 9.17) is 9.47 Å². The van der Waals surface area contributed by atoms with Crippen molar-refractivity contribution in [2.45, 2.75) is 13.0 Å². The molecule has 0 unspecified atom stereocenters. The van der Waals surface area contributed by atoms with Crippen molar-refractivity contribution in [3.8, 4) is 11.5 Å². The van der Waals surface area contributed by atoms with Gasteiger partial charge in [0.1, 0.15) is 19.8 Å². The van der Waals surface area contributed by atoms with Crippen molar-refractivity contribution >= 4 is 23.8 Å². The summed E-state index contributed by atoms with van der Waals surface area (Å²) in [6.07, 6.45) is 1.33. The van der Waals surface area contributed by atoms with Gasteiger partial charge in [-0.05, 0) is 24.6 Å². The Morgan fingerprint density at radius 1 is 1.19 bits per heavy atom. The molecule has 1 aromatic rings. The molecule has 1 atom stereocenters. The quantitative estimate of drug-likeness (QED) is 0.445. The molecule has 0 radical (unpaired) electrons. The van der Waals surface area contributed by atoms with Gasteiger partial charge >= 0.3 is 17.8 Å². The maximum Gasteiger partial charge on any atom is 0.335 e. The normalized spacial score (nSPS) is 17.1. The zero-order chi connectivity index (χ0) is 19.6. The number of nitrogens with one attached hydrogen (secondary N) is 1. The first kappa shape index (κ1) is 18.4. The molecule has 5 amide bonds. The predicted octanol–water partition coefficient (Wildman–Crippen LogP) is 0.612. The minimum Gasteiger partial charge on any atom is -0.486 e. The molecule has 1 saturated heterocycles. The second kappa shape index (κ2) is 7.48. The Bertz CT molecular complexity index is 821. The molecule has 2 aliphatic heterocycles. The summed E-state index contributed by atoms with van der Waals surface area (Å²) in [6.45, 7) is 5.50. The summed E-state index contributed by atoms with van der Waals surface area (Å²) in [5.74, 6) is -1.32. The molecule has 0 spiro atoms. The Hall–Kier alpha value is -3.36. The average Bonchev–Trinajstić information content (AvgIpc) is 2.86. The van der Waals surface area contributed by atoms with Gasteiger partial charge in [0.15, 0.2) is 11.5 Å². The van der Waals surface area contributed by atoms with Crippen LogP contribution in [-0.4, -0.2) is 59.9 Å². The number of fused-ring (bicyclic) bond motifs is 1. The van der Waals surface area contributed by atoms with Crippen LogP contribution in [0.15, 0.2) is 30.9 Å². The fourth-order valence-corrected chi connectivity index (χ4v) is 2.82. The first-order chi connectivity index (χ1) is 12.9. The third kappa shape index (κ3) is 3.62. The van der Waals surface area contributed by atoms with Crippen molar-refractivity contribution in [3.63, 3.8) is 0 Å². The number of carbonyl (C=O) groups is 4.